The Morgan fingerprint density at radius 2 is 2.09 bits per heavy atom. The first kappa shape index (κ1) is 16.7. The number of carbonyl (C=O) groups is 1. The van der Waals surface area contributed by atoms with Crippen molar-refractivity contribution in [1.82, 2.24) is 0 Å². The van der Waals surface area contributed by atoms with Crippen molar-refractivity contribution in [1.29, 1.82) is 0 Å². The molecule has 0 atom stereocenters. The number of aryl methyl sites for hydroxylation is 1. The maximum atomic E-state index is 14.1. The third kappa shape index (κ3) is 3.97. The van der Waals surface area contributed by atoms with E-state index in [0.29, 0.717) is 24.9 Å². The summed E-state index contributed by atoms with van der Waals surface area (Å²) >= 11 is 0. The standard InChI is InChI=1S/C15H20FNO4S/c1-17(22(20,21)11-15(16)8-3-9-15)13-5-2-4-12(10-13)6-7-14(18)19/h2,4-5,10H,3,6-9,11H2,1H3,(H,18,19). The third-order valence-corrected chi connectivity index (χ3v) is 5.94. The van der Waals surface area contributed by atoms with Gasteiger partial charge in [0, 0.05) is 13.5 Å². The van der Waals surface area contributed by atoms with Gasteiger partial charge in [-0.05, 0) is 43.4 Å². The highest BCUT2D eigenvalue weighted by molar-refractivity contribution is 7.92. The van der Waals surface area contributed by atoms with Crippen LogP contribution in [0.1, 0.15) is 31.2 Å². The van der Waals surface area contributed by atoms with E-state index in [1.807, 2.05) is 0 Å². The van der Waals surface area contributed by atoms with E-state index >= 15 is 0 Å². The Labute approximate surface area is 129 Å². The number of aliphatic carboxylic acids is 1. The van der Waals surface area contributed by atoms with Crippen LogP contribution in [0.2, 0.25) is 0 Å². The number of rotatable bonds is 7. The highest BCUT2D eigenvalue weighted by Gasteiger charge is 2.42. The van der Waals surface area contributed by atoms with E-state index in [-0.39, 0.29) is 6.42 Å². The second-order valence-electron chi connectivity index (χ2n) is 5.79. The molecule has 0 aromatic heterocycles. The molecular weight excluding hydrogens is 309 g/mol. The van der Waals surface area contributed by atoms with Crippen molar-refractivity contribution in [3.05, 3.63) is 29.8 Å². The molecule has 0 spiro atoms. The molecule has 0 heterocycles. The number of halogens is 1. The average molecular weight is 329 g/mol. The van der Waals surface area contributed by atoms with E-state index in [9.17, 15) is 17.6 Å². The molecule has 1 aliphatic rings. The van der Waals surface area contributed by atoms with Gasteiger partial charge >= 0.3 is 5.97 Å². The van der Waals surface area contributed by atoms with Crippen LogP contribution in [0.25, 0.3) is 0 Å². The smallest absolute Gasteiger partial charge is 0.303 e. The summed E-state index contributed by atoms with van der Waals surface area (Å²) in [5.41, 5.74) is -0.444. The molecule has 5 nitrogen and oxygen atoms in total. The molecule has 0 bridgehead atoms. The van der Waals surface area contributed by atoms with Crippen LogP contribution in [0.5, 0.6) is 0 Å². The molecule has 122 valence electrons. The minimum Gasteiger partial charge on any atom is -0.481 e. The predicted molar refractivity (Wildman–Crippen MR) is 82.3 cm³/mol. The van der Waals surface area contributed by atoms with Crippen LogP contribution in [-0.2, 0) is 21.2 Å². The molecule has 0 amide bonds. The van der Waals surface area contributed by atoms with Gasteiger partial charge in [-0.15, -0.1) is 0 Å². The quantitative estimate of drug-likeness (QED) is 0.833. The van der Waals surface area contributed by atoms with Gasteiger partial charge in [0.15, 0.2) is 0 Å². The van der Waals surface area contributed by atoms with Crippen molar-refractivity contribution in [3.8, 4) is 0 Å². The molecule has 7 heteroatoms. The van der Waals surface area contributed by atoms with Crippen molar-refractivity contribution in [3.63, 3.8) is 0 Å². The van der Waals surface area contributed by atoms with E-state index in [0.717, 1.165) is 16.3 Å². The first-order chi connectivity index (χ1) is 10.2. The zero-order valence-corrected chi connectivity index (χ0v) is 13.3. The van der Waals surface area contributed by atoms with Gasteiger partial charge in [-0.3, -0.25) is 9.10 Å². The number of benzene rings is 1. The van der Waals surface area contributed by atoms with Crippen molar-refractivity contribution >= 4 is 21.7 Å². The number of sulfonamides is 1. The van der Waals surface area contributed by atoms with Crippen LogP contribution < -0.4 is 4.31 Å². The number of hydrogen-bond acceptors (Lipinski definition) is 3. The van der Waals surface area contributed by atoms with Gasteiger partial charge < -0.3 is 5.11 Å². The lowest BCUT2D eigenvalue weighted by molar-refractivity contribution is -0.136. The van der Waals surface area contributed by atoms with Crippen molar-refractivity contribution in [2.24, 2.45) is 0 Å². The van der Waals surface area contributed by atoms with Crippen molar-refractivity contribution < 1.29 is 22.7 Å². The van der Waals surface area contributed by atoms with Crippen LogP contribution in [0.4, 0.5) is 10.1 Å². The molecular formula is C15H20FNO4S. The predicted octanol–water partition coefficient (Wildman–Crippen LogP) is 2.36. The monoisotopic (exact) mass is 329 g/mol. The van der Waals surface area contributed by atoms with Gasteiger partial charge in [-0.1, -0.05) is 12.1 Å². The fourth-order valence-electron chi connectivity index (χ4n) is 2.45. The number of anilines is 1. The van der Waals surface area contributed by atoms with Crippen LogP contribution in [0.3, 0.4) is 0 Å². The van der Waals surface area contributed by atoms with E-state index in [2.05, 4.69) is 0 Å². The van der Waals surface area contributed by atoms with Gasteiger partial charge in [-0.25, -0.2) is 12.8 Å². The van der Waals surface area contributed by atoms with Crippen LogP contribution in [0.15, 0.2) is 24.3 Å². The summed E-state index contributed by atoms with van der Waals surface area (Å²) in [5.74, 6) is -1.41. The number of alkyl halides is 1. The highest BCUT2D eigenvalue weighted by atomic mass is 32.2. The Hall–Kier alpha value is -1.63. The van der Waals surface area contributed by atoms with Gasteiger partial charge in [0.25, 0.3) is 0 Å². The minimum absolute atomic E-state index is 0.0203. The van der Waals surface area contributed by atoms with E-state index in [1.165, 1.54) is 7.05 Å². The average Bonchev–Trinajstić information content (AvgIpc) is 2.42. The molecule has 2 rings (SSSR count). The summed E-state index contributed by atoms with van der Waals surface area (Å²) in [7, 11) is -2.34. The third-order valence-electron chi connectivity index (χ3n) is 4.01. The lowest BCUT2D eigenvalue weighted by Crippen LogP contribution is -2.44. The lowest BCUT2D eigenvalue weighted by atomic mass is 9.84. The van der Waals surface area contributed by atoms with Crippen LogP contribution in [-0.4, -0.2) is 38.0 Å². The zero-order valence-electron chi connectivity index (χ0n) is 12.5. The Morgan fingerprint density at radius 1 is 1.41 bits per heavy atom. The molecule has 1 aliphatic carbocycles. The van der Waals surface area contributed by atoms with E-state index < -0.39 is 27.4 Å². The second-order valence-corrected chi connectivity index (χ2v) is 7.79. The van der Waals surface area contributed by atoms with E-state index in [1.54, 1.807) is 24.3 Å². The van der Waals surface area contributed by atoms with Crippen LogP contribution in [0, 0.1) is 0 Å². The molecule has 1 fully saturated rings. The van der Waals surface area contributed by atoms with Gasteiger partial charge in [-0.2, -0.15) is 0 Å². The summed E-state index contributed by atoms with van der Waals surface area (Å²) in [5, 5.41) is 8.70. The first-order valence-electron chi connectivity index (χ1n) is 7.18. The molecule has 0 radical (unpaired) electrons. The van der Waals surface area contributed by atoms with Gasteiger partial charge in [0.05, 0.1) is 5.69 Å². The fraction of sp³-hybridized carbons (Fsp3) is 0.533. The number of hydrogen-bond donors (Lipinski definition) is 1. The maximum absolute atomic E-state index is 14.1. The molecule has 1 aromatic carbocycles. The van der Waals surface area contributed by atoms with Gasteiger partial charge in [0.1, 0.15) is 11.4 Å². The summed E-state index contributed by atoms with van der Waals surface area (Å²) < 4.78 is 39.8. The van der Waals surface area contributed by atoms with Crippen molar-refractivity contribution in [2.75, 3.05) is 17.1 Å². The van der Waals surface area contributed by atoms with Crippen molar-refractivity contribution in [2.45, 2.75) is 37.8 Å². The van der Waals surface area contributed by atoms with Crippen LogP contribution >= 0.6 is 0 Å². The Balaban J connectivity index is 2.12. The number of nitrogens with zero attached hydrogens (tertiary/aromatic N) is 1. The topological polar surface area (TPSA) is 74.7 Å². The number of carboxylic acid groups (broad SMARTS) is 1. The van der Waals surface area contributed by atoms with Gasteiger partial charge in [0.2, 0.25) is 10.0 Å². The Bertz CT molecular complexity index is 655. The number of carboxylic acids is 1. The molecule has 0 saturated heterocycles. The molecule has 1 aromatic rings. The lowest BCUT2D eigenvalue weighted by Gasteiger charge is -2.35. The first-order valence-corrected chi connectivity index (χ1v) is 8.79. The highest BCUT2D eigenvalue weighted by Crippen LogP contribution is 2.37. The summed E-state index contributed by atoms with van der Waals surface area (Å²) in [6, 6.07) is 6.67. The Kier molecular flexibility index (Phi) is 4.75. The summed E-state index contributed by atoms with van der Waals surface area (Å²) in [6.45, 7) is 0. The molecule has 1 saturated carbocycles. The molecule has 0 aliphatic heterocycles. The minimum atomic E-state index is -3.74. The SMILES string of the molecule is CN(c1cccc(CCC(=O)O)c1)S(=O)(=O)CC1(F)CCC1. The normalized spacial score (nSPS) is 16.8. The molecule has 0 unspecified atom stereocenters. The molecule has 22 heavy (non-hydrogen) atoms. The molecule has 1 N–H and O–H groups in total. The van der Waals surface area contributed by atoms with E-state index in [4.69, 9.17) is 5.11 Å². The zero-order chi connectivity index (χ0) is 16.4. The fourth-order valence-corrected chi connectivity index (χ4v) is 4.02. The second kappa shape index (κ2) is 6.24. The maximum Gasteiger partial charge on any atom is 0.303 e. The Morgan fingerprint density at radius 3 is 2.64 bits per heavy atom. The summed E-state index contributed by atoms with van der Waals surface area (Å²) in [4.78, 5) is 10.6. The largest absolute Gasteiger partial charge is 0.481 e. The summed E-state index contributed by atoms with van der Waals surface area (Å²) in [6.07, 6.45) is 1.61.